The summed E-state index contributed by atoms with van der Waals surface area (Å²) in [6.07, 6.45) is 51.7. The van der Waals surface area contributed by atoms with Crippen molar-refractivity contribution in [1.82, 2.24) is 5.32 Å². The number of hydrogen-bond donors (Lipinski definition) is 3. The predicted octanol–water partition coefficient (Wildman–Crippen LogP) is 13.9. The first-order chi connectivity index (χ1) is 27.5. The van der Waals surface area contributed by atoms with Crippen LogP contribution in [0.15, 0.2) is 48.6 Å². The van der Waals surface area contributed by atoms with Crippen LogP contribution >= 0.6 is 0 Å². The van der Waals surface area contributed by atoms with Gasteiger partial charge >= 0.3 is 5.97 Å². The average molecular weight is 786 g/mol. The van der Waals surface area contributed by atoms with E-state index in [-0.39, 0.29) is 24.9 Å². The summed E-state index contributed by atoms with van der Waals surface area (Å²) in [5, 5.41) is 23.6. The van der Waals surface area contributed by atoms with Crippen LogP contribution in [0, 0.1) is 0 Å². The van der Waals surface area contributed by atoms with Gasteiger partial charge in [0.15, 0.2) is 0 Å². The summed E-state index contributed by atoms with van der Waals surface area (Å²) in [4.78, 5) is 26.0. The molecular weight excluding hydrogens is 695 g/mol. The highest BCUT2D eigenvalue weighted by Crippen LogP contribution is 2.16. The minimum Gasteiger partial charge on any atom is -0.462 e. The summed E-state index contributed by atoms with van der Waals surface area (Å²) < 4.78 is 5.88. The molecule has 0 radical (unpaired) electrons. The Morgan fingerprint density at radius 1 is 0.518 bits per heavy atom. The average Bonchev–Trinajstić information content (AvgIpc) is 3.19. The fourth-order valence-corrected chi connectivity index (χ4v) is 7.01. The van der Waals surface area contributed by atoms with Gasteiger partial charge in [0.25, 0.3) is 0 Å². The third-order valence-corrected chi connectivity index (χ3v) is 10.7. The lowest BCUT2D eigenvalue weighted by molar-refractivity contribution is -0.151. The normalized spacial score (nSPS) is 13.7. The number of aliphatic hydroxyl groups excluding tert-OH is 2. The molecule has 3 atom stereocenters. The molecule has 0 aliphatic heterocycles. The molecule has 6 heteroatoms. The molecular formula is C50H91NO5. The number of esters is 1. The van der Waals surface area contributed by atoms with Gasteiger partial charge in [0, 0.05) is 6.42 Å². The van der Waals surface area contributed by atoms with Gasteiger partial charge in [-0.05, 0) is 64.2 Å². The largest absolute Gasteiger partial charge is 0.462 e. The highest BCUT2D eigenvalue weighted by atomic mass is 16.5. The molecule has 1 amide bonds. The van der Waals surface area contributed by atoms with Crippen LogP contribution in [0.3, 0.4) is 0 Å². The van der Waals surface area contributed by atoms with Crippen molar-refractivity contribution in [3.05, 3.63) is 48.6 Å². The lowest BCUT2D eigenvalue weighted by atomic mass is 10.0. The van der Waals surface area contributed by atoms with Crippen molar-refractivity contribution in [3.63, 3.8) is 0 Å². The maximum atomic E-state index is 13.1. The van der Waals surface area contributed by atoms with Gasteiger partial charge in [0.1, 0.15) is 6.10 Å². The predicted molar refractivity (Wildman–Crippen MR) is 241 cm³/mol. The molecule has 0 aliphatic carbocycles. The Kier molecular flexibility index (Phi) is 42.2. The highest BCUT2D eigenvalue weighted by Gasteiger charge is 2.24. The van der Waals surface area contributed by atoms with Crippen molar-refractivity contribution in [1.29, 1.82) is 0 Å². The van der Waals surface area contributed by atoms with E-state index in [1.165, 1.54) is 116 Å². The molecule has 0 bridgehead atoms. The number of amides is 1. The number of ether oxygens (including phenoxy) is 1. The topological polar surface area (TPSA) is 95.9 Å². The maximum absolute atomic E-state index is 13.1. The van der Waals surface area contributed by atoms with Gasteiger partial charge in [-0.2, -0.15) is 0 Å². The van der Waals surface area contributed by atoms with Crippen molar-refractivity contribution in [2.45, 2.75) is 251 Å². The van der Waals surface area contributed by atoms with E-state index >= 15 is 0 Å². The summed E-state index contributed by atoms with van der Waals surface area (Å²) in [6, 6.07) is -0.715. The van der Waals surface area contributed by atoms with Crippen LogP contribution in [0.1, 0.15) is 233 Å². The molecule has 0 aliphatic rings. The number of carbonyl (C=O) groups is 2. The van der Waals surface area contributed by atoms with Gasteiger partial charge in [-0.1, -0.05) is 204 Å². The lowest BCUT2D eigenvalue weighted by Crippen LogP contribution is -2.46. The number of rotatable bonds is 42. The smallest absolute Gasteiger partial charge is 0.306 e. The standard InChI is InChI=1S/C50H91NO5/c1-4-7-10-13-16-19-21-22-23-24-25-26-28-30-32-35-38-41-46(56-50(55)43-40-37-34-31-27-20-17-14-11-8-5-2)44-49(54)51-47(45-52)48(53)42-39-36-33-29-18-15-12-9-6-3/h16,19,22-23,25-26,30,32,46-48,52-53H,4-15,17-18,20-21,24,27-29,31,33-45H2,1-3H3,(H,51,54)/b19-16-,23-22-,26-25-,32-30-. The molecule has 0 fully saturated rings. The van der Waals surface area contributed by atoms with Crippen molar-refractivity contribution in [3.8, 4) is 0 Å². The van der Waals surface area contributed by atoms with Crippen molar-refractivity contribution < 1.29 is 24.5 Å². The second-order valence-corrected chi connectivity index (χ2v) is 16.2. The van der Waals surface area contributed by atoms with E-state index in [2.05, 4.69) is 74.7 Å². The van der Waals surface area contributed by atoms with E-state index in [0.29, 0.717) is 19.3 Å². The molecule has 56 heavy (non-hydrogen) atoms. The van der Waals surface area contributed by atoms with Gasteiger partial charge < -0.3 is 20.3 Å². The Morgan fingerprint density at radius 2 is 0.929 bits per heavy atom. The maximum Gasteiger partial charge on any atom is 0.306 e. The first-order valence-electron chi connectivity index (χ1n) is 23.9. The van der Waals surface area contributed by atoms with Gasteiger partial charge in [0.05, 0.1) is 25.2 Å². The summed E-state index contributed by atoms with van der Waals surface area (Å²) in [7, 11) is 0. The molecule has 0 aromatic carbocycles. The zero-order valence-electron chi connectivity index (χ0n) is 37.0. The molecule has 0 heterocycles. The fourth-order valence-electron chi connectivity index (χ4n) is 7.01. The monoisotopic (exact) mass is 786 g/mol. The van der Waals surface area contributed by atoms with E-state index < -0.39 is 18.2 Å². The van der Waals surface area contributed by atoms with Crippen LogP contribution in [0.2, 0.25) is 0 Å². The molecule has 0 rings (SSSR count). The molecule has 3 unspecified atom stereocenters. The first-order valence-corrected chi connectivity index (χ1v) is 23.9. The molecule has 6 nitrogen and oxygen atoms in total. The Balaban J connectivity index is 4.71. The molecule has 326 valence electrons. The third-order valence-electron chi connectivity index (χ3n) is 10.7. The van der Waals surface area contributed by atoms with Crippen LogP contribution in [-0.2, 0) is 14.3 Å². The molecule has 0 saturated carbocycles. The van der Waals surface area contributed by atoms with E-state index in [1.54, 1.807) is 0 Å². The minimum atomic E-state index is -0.798. The molecule has 0 spiro atoms. The molecule has 3 N–H and O–H groups in total. The molecule has 0 aromatic heterocycles. The van der Waals surface area contributed by atoms with Crippen LogP contribution < -0.4 is 5.32 Å². The minimum absolute atomic E-state index is 0.0415. The SMILES string of the molecule is CCCCC/C=C\C/C=C\C/C=C\C/C=C\CCCC(CC(=O)NC(CO)C(O)CCCCCCCCCCC)OC(=O)CCCCCCCCCCCCC. The van der Waals surface area contributed by atoms with Crippen molar-refractivity contribution in [2.75, 3.05) is 6.61 Å². The number of aliphatic hydroxyl groups is 2. The molecule has 0 aromatic rings. The Morgan fingerprint density at radius 3 is 1.41 bits per heavy atom. The number of hydrogen-bond acceptors (Lipinski definition) is 5. The second-order valence-electron chi connectivity index (χ2n) is 16.2. The van der Waals surface area contributed by atoms with Crippen molar-refractivity contribution in [2.24, 2.45) is 0 Å². The van der Waals surface area contributed by atoms with E-state index in [4.69, 9.17) is 4.74 Å². The van der Waals surface area contributed by atoms with Crippen LogP contribution in [0.4, 0.5) is 0 Å². The summed E-state index contributed by atoms with van der Waals surface area (Å²) in [6.45, 7) is 6.40. The van der Waals surface area contributed by atoms with E-state index in [9.17, 15) is 19.8 Å². The van der Waals surface area contributed by atoms with Crippen LogP contribution in [0.25, 0.3) is 0 Å². The Bertz CT molecular complexity index is 972. The number of carbonyl (C=O) groups excluding carboxylic acids is 2. The number of allylic oxidation sites excluding steroid dienone is 8. The summed E-state index contributed by atoms with van der Waals surface area (Å²) in [5.74, 6) is -0.527. The van der Waals surface area contributed by atoms with Gasteiger partial charge in [0.2, 0.25) is 5.91 Å². The Hall–Kier alpha value is -2.18. The lowest BCUT2D eigenvalue weighted by Gasteiger charge is -2.24. The fraction of sp³-hybridized carbons (Fsp3) is 0.800. The number of unbranched alkanes of at least 4 members (excludes halogenated alkanes) is 22. The highest BCUT2D eigenvalue weighted by molar-refractivity contribution is 5.77. The van der Waals surface area contributed by atoms with Gasteiger partial charge in [-0.3, -0.25) is 9.59 Å². The quantitative estimate of drug-likeness (QED) is 0.0325. The third kappa shape index (κ3) is 38.7. The van der Waals surface area contributed by atoms with Gasteiger partial charge in [-0.25, -0.2) is 0 Å². The Labute approximate surface area is 346 Å². The summed E-state index contributed by atoms with van der Waals surface area (Å²) >= 11 is 0. The zero-order chi connectivity index (χ0) is 41.0. The van der Waals surface area contributed by atoms with Crippen LogP contribution in [-0.4, -0.2) is 46.9 Å². The van der Waals surface area contributed by atoms with E-state index in [1.807, 2.05) is 0 Å². The van der Waals surface area contributed by atoms with Crippen molar-refractivity contribution >= 4 is 11.9 Å². The van der Waals surface area contributed by atoms with Crippen LogP contribution in [0.5, 0.6) is 0 Å². The first kappa shape index (κ1) is 53.8. The van der Waals surface area contributed by atoms with E-state index in [0.717, 1.165) is 70.6 Å². The second kappa shape index (κ2) is 43.9. The zero-order valence-corrected chi connectivity index (χ0v) is 37.0. The molecule has 0 saturated heterocycles. The van der Waals surface area contributed by atoms with Gasteiger partial charge in [-0.15, -0.1) is 0 Å². The number of nitrogens with one attached hydrogen (secondary N) is 1. The summed E-state index contributed by atoms with van der Waals surface area (Å²) in [5.41, 5.74) is 0.